The first kappa shape index (κ1) is 31.8. The summed E-state index contributed by atoms with van der Waals surface area (Å²) in [5.41, 5.74) is -0.317. The van der Waals surface area contributed by atoms with E-state index >= 15 is 0 Å². The Hall–Kier alpha value is -2.65. The van der Waals surface area contributed by atoms with Crippen molar-refractivity contribution in [1.82, 2.24) is 20.0 Å². The maximum Gasteiger partial charge on any atom is 0.248 e. The van der Waals surface area contributed by atoms with Crippen LogP contribution >= 0.6 is 10.9 Å². The first-order chi connectivity index (χ1) is 20.4. The van der Waals surface area contributed by atoms with E-state index in [9.17, 15) is 37.3 Å². The smallest absolute Gasteiger partial charge is 0.248 e. The zero-order chi connectivity index (χ0) is 31.1. The molecule has 1 unspecified atom stereocenters. The molecule has 0 amide bonds. The van der Waals surface area contributed by atoms with E-state index in [0.29, 0.717) is 5.69 Å². The zero-order valence-corrected chi connectivity index (χ0v) is 24.6. The van der Waals surface area contributed by atoms with Crippen LogP contribution in [0.2, 0.25) is 0 Å². The molecule has 0 bridgehead atoms. The molecule has 3 aromatic rings. The molecular formula is C29H35F5N4O4S. The van der Waals surface area contributed by atoms with Crippen molar-refractivity contribution in [1.29, 1.82) is 0 Å². The van der Waals surface area contributed by atoms with E-state index in [1.54, 1.807) is 19.2 Å². The fourth-order valence-electron chi connectivity index (χ4n) is 6.38. The second kappa shape index (κ2) is 12.4. The normalized spacial score (nSPS) is 28.5. The molecule has 1 aliphatic heterocycles. The van der Waals surface area contributed by atoms with Gasteiger partial charge in [-0.1, -0.05) is 11.3 Å². The molecule has 236 valence electrons. The number of aromatic nitrogens is 4. The number of aliphatic hydroxyl groups excluding tert-OH is 2. The van der Waals surface area contributed by atoms with Gasteiger partial charge < -0.3 is 20.1 Å². The van der Waals surface area contributed by atoms with Crippen LogP contribution in [0.5, 0.6) is 0 Å². The van der Waals surface area contributed by atoms with Crippen LogP contribution in [0.1, 0.15) is 55.2 Å². The molecule has 43 heavy (non-hydrogen) atoms. The van der Waals surface area contributed by atoms with Gasteiger partial charge in [0.15, 0.2) is 17.5 Å². The maximum absolute atomic E-state index is 14.2. The lowest BCUT2D eigenvalue weighted by Crippen LogP contribution is -2.54. The molecule has 1 aromatic carbocycles. The largest absolute Gasteiger partial charge is 0.395 e. The number of thiol groups is 1. The Morgan fingerprint density at radius 2 is 1.81 bits per heavy atom. The fraction of sp³-hybridized carbons (Fsp3) is 0.552. The third kappa shape index (κ3) is 6.17. The number of aryl methyl sites for hydroxylation is 1. The fourth-order valence-corrected chi connectivity index (χ4v) is 10.2. The Morgan fingerprint density at radius 1 is 1.14 bits per heavy atom. The number of rotatable bonds is 8. The Labute approximate surface area is 248 Å². The Morgan fingerprint density at radius 3 is 2.42 bits per heavy atom. The van der Waals surface area contributed by atoms with Gasteiger partial charge in [-0.25, -0.2) is 37.5 Å². The minimum Gasteiger partial charge on any atom is -0.395 e. The third-order valence-corrected chi connectivity index (χ3v) is 12.1. The molecule has 2 aliphatic rings. The van der Waals surface area contributed by atoms with E-state index in [-0.39, 0.29) is 36.5 Å². The first-order valence-electron chi connectivity index (χ1n) is 14.1. The van der Waals surface area contributed by atoms with Crippen molar-refractivity contribution in [2.45, 2.75) is 79.8 Å². The van der Waals surface area contributed by atoms with Crippen LogP contribution in [-0.2, 0) is 4.74 Å². The number of hydrogen-bond donors (Lipinski definition) is 4. The van der Waals surface area contributed by atoms with Gasteiger partial charge in [0.05, 0.1) is 41.6 Å². The molecule has 1 aliphatic carbocycles. The molecule has 3 N–H and O–H groups in total. The van der Waals surface area contributed by atoms with Crippen molar-refractivity contribution < 1.29 is 42.0 Å². The summed E-state index contributed by atoms with van der Waals surface area (Å²) in [5.74, 6) is -7.05. The average Bonchev–Trinajstić information content (AvgIpc) is 3.45. The van der Waals surface area contributed by atoms with Gasteiger partial charge in [0, 0.05) is 42.2 Å². The van der Waals surface area contributed by atoms with Gasteiger partial charge in [0.1, 0.15) is 11.7 Å². The van der Waals surface area contributed by atoms with Crippen molar-refractivity contribution in [3.05, 3.63) is 65.4 Å². The molecule has 0 spiro atoms. The highest BCUT2D eigenvalue weighted by Crippen LogP contribution is 2.61. The number of nitrogens with zero attached hydrogens (tertiary/aromatic N) is 4. The molecule has 6 atom stereocenters. The molecule has 2 aromatic heterocycles. The molecule has 2 fully saturated rings. The van der Waals surface area contributed by atoms with E-state index in [2.05, 4.69) is 15.3 Å². The van der Waals surface area contributed by atoms with Crippen molar-refractivity contribution in [3.63, 3.8) is 0 Å². The second-order valence-electron chi connectivity index (χ2n) is 11.3. The first-order valence-corrected chi connectivity index (χ1v) is 15.8. The molecule has 1 saturated heterocycles. The number of aliphatic hydroxyl groups is 3. The van der Waals surface area contributed by atoms with E-state index in [1.807, 2.05) is 13.0 Å². The molecular weight excluding hydrogens is 595 g/mol. The Bertz CT molecular complexity index is 1410. The second-order valence-corrected chi connectivity index (χ2v) is 13.9. The summed E-state index contributed by atoms with van der Waals surface area (Å²) < 4.78 is 77.2. The third-order valence-electron chi connectivity index (χ3n) is 8.60. The van der Waals surface area contributed by atoms with Crippen LogP contribution in [0.3, 0.4) is 0 Å². The molecule has 0 radical (unpaired) electrons. The van der Waals surface area contributed by atoms with E-state index in [0.717, 1.165) is 17.7 Å². The summed E-state index contributed by atoms with van der Waals surface area (Å²) in [6.07, 6.45) is -0.424. The standard InChI is InChI=1S/C29H35F5N4O4S/c1-3-42-21-15-43(27(24-16(2)5-4-10-35-24)28(41)6-8-29(33,34)9-7-28)22(14-39)26(40)25(21)38-13-20(36-37-38)17-11-18(30)23(32)19(31)12-17/h4-5,10-13,21-22,25-27,39-41,43H,3,6-9,14-15H2,1-2H3/t21-,22+,25+,26-,27-/m0/s1. The number of benzene rings is 1. The molecule has 8 nitrogen and oxygen atoms in total. The zero-order valence-electron chi connectivity index (χ0n) is 23.7. The van der Waals surface area contributed by atoms with Gasteiger partial charge in [0.2, 0.25) is 5.92 Å². The highest BCUT2D eigenvalue weighted by Gasteiger charge is 2.54. The SMILES string of the molecule is CCO[C@H]1C[SH]([C@@H](c2ncccc2C)C2(O)CCC(F)(F)CC2)[C@H](CO)[C@H](O)[C@@H]1n1cc(-c2cc(F)c(F)c(F)c2)nn1. The monoisotopic (exact) mass is 630 g/mol. The summed E-state index contributed by atoms with van der Waals surface area (Å²) in [5, 5.41) is 40.9. The number of pyridine rings is 1. The van der Waals surface area contributed by atoms with Gasteiger partial charge in [-0.05, 0) is 50.5 Å². The van der Waals surface area contributed by atoms with Gasteiger partial charge in [-0.2, -0.15) is 0 Å². The molecule has 1 saturated carbocycles. The van der Waals surface area contributed by atoms with Gasteiger partial charge in [0.25, 0.3) is 0 Å². The van der Waals surface area contributed by atoms with Crippen LogP contribution in [0.25, 0.3) is 11.3 Å². The van der Waals surface area contributed by atoms with Gasteiger partial charge >= 0.3 is 0 Å². The summed E-state index contributed by atoms with van der Waals surface area (Å²) in [6, 6.07) is 4.23. The maximum atomic E-state index is 14.2. The van der Waals surface area contributed by atoms with Crippen molar-refractivity contribution >= 4 is 10.9 Å². The highest BCUT2D eigenvalue weighted by atomic mass is 32.2. The minimum absolute atomic E-state index is 0.0214. The quantitative estimate of drug-likeness (QED) is 0.166. The number of alkyl halides is 2. The van der Waals surface area contributed by atoms with Crippen LogP contribution in [0.4, 0.5) is 22.0 Å². The lowest BCUT2D eigenvalue weighted by molar-refractivity contribution is -0.105. The van der Waals surface area contributed by atoms with E-state index in [4.69, 9.17) is 4.74 Å². The van der Waals surface area contributed by atoms with Crippen LogP contribution in [0, 0.1) is 24.4 Å². The predicted molar refractivity (Wildman–Crippen MR) is 151 cm³/mol. The van der Waals surface area contributed by atoms with Crippen molar-refractivity contribution in [2.24, 2.45) is 0 Å². The van der Waals surface area contributed by atoms with E-state index in [1.165, 1.54) is 10.9 Å². The van der Waals surface area contributed by atoms with Gasteiger partial charge in [-0.15, -0.1) is 5.10 Å². The number of halogens is 5. The minimum atomic E-state index is -2.90. The van der Waals surface area contributed by atoms with E-state index < -0.39 is 88.1 Å². The molecule has 5 rings (SSSR count). The summed E-state index contributed by atoms with van der Waals surface area (Å²) in [4.78, 5) is 4.56. The molecule has 3 heterocycles. The Balaban J connectivity index is 1.54. The number of ether oxygens (including phenoxy) is 1. The summed E-state index contributed by atoms with van der Waals surface area (Å²) in [6.45, 7) is 3.34. The summed E-state index contributed by atoms with van der Waals surface area (Å²) >= 11 is 0. The lowest BCUT2D eigenvalue weighted by Gasteiger charge is -2.53. The van der Waals surface area contributed by atoms with Crippen LogP contribution < -0.4 is 0 Å². The molecule has 14 heteroatoms. The topological polar surface area (TPSA) is 114 Å². The average molecular weight is 631 g/mol. The highest BCUT2D eigenvalue weighted by molar-refractivity contribution is 8.18. The van der Waals surface area contributed by atoms with Crippen molar-refractivity contribution in [3.8, 4) is 11.3 Å². The lowest BCUT2D eigenvalue weighted by atomic mass is 9.79. The van der Waals surface area contributed by atoms with Crippen molar-refractivity contribution in [2.75, 3.05) is 19.0 Å². The Kier molecular flexibility index (Phi) is 9.15. The van der Waals surface area contributed by atoms with Crippen LogP contribution in [-0.4, -0.2) is 83.2 Å². The predicted octanol–water partition coefficient (Wildman–Crippen LogP) is 4.43. The number of hydrogen-bond acceptors (Lipinski definition) is 7. The van der Waals surface area contributed by atoms with Crippen LogP contribution in [0.15, 0.2) is 36.7 Å². The van der Waals surface area contributed by atoms with Gasteiger partial charge in [-0.3, -0.25) is 4.98 Å². The summed E-state index contributed by atoms with van der Waals surface area (Å²) in [7, 11) is -1.53.